The summed E-state index contributed by atoms with van der Waals surface area (Å²) >= 11 is 0. The number of carboxylic acid groups (broad SMARTS) is 1. The first-order valence-electron chi connectivity index (χ1n) is 8.39. The van der Waals surface area contributed by atoms with Crippen LogP contribution in [0.15, 0.2) is 30.3 Å². The van der Waals surface area contributed by atoms with Gasteiger partial charge in [0.05, 0.1) is 6.42 Å². The Morgan fingerprint density at radius 2 is 1.92 bits per heavy atom. The molecule has 24 heavy (non-hydrogen) atoms. The number of carbonyl (C=O) groups excluding carboxylic acids is 2. The number of aliphatic carboxylic acids is 1. The smallest absolute Gasteiger partial charge is 0.305 e. The zero-order chi connectivity index (χ0) is 17.5. The van der Waals surface area contributed by atoms with E-state index in [1.807, 2.05) is 30.3 Å². The monoisotopic (exact) mass is 332 g/mol. The second-order valence-corrected chi connectivity index (χ2v) is 6.10. The summed E-state index contributed by atoms with van der Waals surface area (Å²) in [5.41, 5.74) is 0.960. The van der Waals surface area contributed by atoms with E-state index in [1.165, 1.54) is 4.90 Å². The van der Waals surface area contributed by atoms with Crippen LogP contribution in [0.25, 0.3) is 0 Å². The number of nitrogens with zero attached hydrogens (tertiary/aromatic N) is 1. The molecule has 2 amide bonds. The maximum atomic E-state index is 12.8. The number of hydrogen-bond acceptors (Lipinski definition) is 3. The van der Waals surface area contributed by atoms with Crippen LogP contribution in [0.2, 0.25) is 0 Å². The molecule has 6 nitrogen and oxygen atoms in total. The molecule has 0 radical (unpaired) electrons. The van der Waals surface area contributed by atoms with Crippen molar-refractivity contribution in [2.75, 3.05) is 6.54 Å². The molecule has 1 aromatic carbocycles. The molecule has 1 saturated heterocycles. The third-order valence-electron chi connectivity index (χ3n) is 4.23. The highest BCUT2D eigenvalue weighted by Crippen LogP contribution is 2.17. The van der Waals surface area contributed by atoms with Crippen molar-refractivity contribution < 1.29 is 19.5 Å². The number of amides is 2. The van der Waals surface area contributed by atoms with Crippen LogP contribution in [0, 0.1) is 0 Å². The number of unbranched alkanes of at least 4 members (excludes halogenated alkanes) is 2. The Morgan fingerprint density at radius 3 is 2.54 bits per heavy atom. The minimum absolute atomic E-state index is 0.194. The highest BCUT2D eigenvalue weighted by Gasteiger charge is 2.41. The van der Waals surface area contributed by atoms with Gasteiger partial charge in [-0.1, -0.05) is 50.1 Å². The third kappa shape index (κ3) is 4.57. The summed E-state index contributed by atoms with van der Waals surface area (Å²) in [6.07, 6.45) is 2.75. The highest BCUT2D eigenvalue weighted by atomic mass is 16.4. The summed E-state index contributed by atoms with van der Waals surface area (Å²) in [7, 11) is 0. The lowest BCUT2D eigenvalue weighted by molar-refractivity contribution is -0.153. The number of benzene rings is 1. The molecule has 6 heteroatoms. The van der Waals surface area contributed by atoms with E-state index in [0.717, 1.165) is 24.8 Å². The Kier molecular flexibility index (Phi) is 6.35. The van der Waals surface area contributed by atoms with E-state index in [9.17, 15) is 14.4 Å². The number of carboxylic acids is 1. The molecule has 0 aromatic heterocycles. The normalized spacial score (nSPS) is 20.8. The maximum absolute atomic E-state index is 12.8. The lowest BCUT2D eigenvalue weighted by Gasteiger charge is -2.38. The van der Waals surface area contributed by atoms with Gasteiger partial charge in [-0.25, -0.2) is 0 Å². The number of carbonyl (C=O) groups is 3. The van der Waals surface area contributed by atoms with E-state index in [-0.39, 0.29) is 18.2 Å². The van der Waals surface area contributed by atoms with Crippen molar-refractivity contribution in [3.05, 3.63) is 35.9 Å². The molecule has 2 atom stereocenters. The van der Waals surface area contributed by atoms with Crippen molar-refractivity contribution in [3.63, 3.8) is 0 Å². The van der Waals surface area contributed by atoms with E-state index < -0.39 is 18.1 Å². The Hall–Kier alpha value is -2.37. The molecule has 0 aliphatic carbocycles. The van der Waals surface area contributed by atoms with Crippen molar-refractivity contribution in [1.29, 1.82) is 0 Å². The molecule has 130 valence electrons. The Morgan fingerprint density at radius 1 is 1.21 bits per heavy atom. The van der Waals surface area contributed by atoms with Gasteiger partial charge in [-0.2, -0.15) is 0 Å². The van der Waals surface area contributed by atoms with Gasteiger partial charge in [0.2, 0.25) is 11.8 Å². The molecule has 2 N–H and O–H groups in total. The summed E-state index contributed by atoms with van der Waals surface area (Å²) in [4.78, 5) is 37.6. The molecule has 2 rings (SSSR count). The highest BCUT2D eigenvalue weighted by molar-refractivity contribution is 5.98. The quantitative estimate of drug-likeness (QED) is 0.708. The minimum atomic E-state index is -1.08. The summed E-state index contributed by atoms with van der Waals surface area (Å²) in [6, 6.07) is 7.93. The molecule has 0 bridgehead atoms. The van der Waals surface area contributed by atoms with Crippen molar-refractivity contribution in [2.24, 2.45) is 0 Å². The van der Waals surface area contributed by atoms with Crippen LogP contribution in [0.1, 0.15) is 38.2 Å². The van der Waals surface area contributed by atoms with Crippen molar-refractivity contribution in [3.8, 4) is 0 Å². The fourth-order valence-electron chi connectivity index (χ4n) is 2.98. The van der Waals surface area contributed by atoms with Gasteiger partial charge in [-0.15, -0.1) is 0 Å². The van der Waals surface area contributed by atoms with Gasteiger partial charge in [0, 0.05) is 13.0 Å². The summed E-state index contributed by atoms with van der Waals surface area (Å²) in [5, 5.41) is 11.7. The van der Waals surface area contributed by atoms with Crippen molar-refractivity contribution in [1.82, 2.24) is 10.2 Å². The molecule has 1 heterocycles. The fraction of sp³-hybridized carbons (Fsp3) is 0.500. The molecule has 1 fully saturated rings. The first-order valence-corrected chi connectivity index (χ1v) is 8.39. The predicted molar refractivity (Wildman–Crippen MR) is 89.4 cm³/mol. The van der Waals surface area contributed by atoms with E-state index in [4.69, 9.17) is 5.11 Å². The summed E-state index contributed by atoms with van der Waals surface area (Å²) < 4.78 is 0. The molecule has 1 aliphatic rings. The minimum Gasteiger partial charge on any atom is -0.481 e. The molecular weight excluding hydrogens is 308 g/mol. The second-order valence-electron chi connectivity index (χ2n) is 6.10. The SMILES string of the molecule is CCCCCN1C(=O)C(Cc2ccccc2)NC(=O)C1CC(=O)O. The summed E-state index contributed by atoms with van der Waals surface area (Å²) in [5.74, 6) is -1.65. The molecule has 0 spiro atoms. The van der Waals surface area contributed by atoms with Crippen molar-refractivity contribution in [2.45, 2.75) is 51.1 Å². The third-order valence-corrected chi connectivity index (χ3v) is 4.23. The first kappa shape index (κ1) is 18.0. The zero-order valence-corrected chi connectivity index (χ0v) is 13.9. The second kappa shape index (κ2) is 8.47. The molecular formula is C18H24N2O4. The lowest BCUT2D eigenvalue weighted by atomic mass is 9.98. The van der Waals surface area contributed by atoms with Gasteiger partial charge in [-0.3, -0.25) is 14.4 Å². The topological polar surface area (TPSA) is 86.7 Å². The van der Waals surface area contributed by atoms with Gasteiger partial charge >= 0.3 is 5.97 Å². The van der Waals surface area contributed by atoms with Gasteiger partial charge in [0.1, 0.15) is 12.1 Å². The van der Waals surface area contributed by atoms with Crippen LogP contribution >= 0.6 is 0 Å². The van der Waals surface area contributed by atoms with E-state index in [0.29, 0.717) is 13.0 Å². The Labute approximate surface area is 141 Å². The number of hydrogen-bond donors (Lipinski definition) is 2. The number of rotatable bonds is 8. The van der Waals surface area contributed by atoms with Gasteiger partial charge < -0.3 is 15.3 Å². The molecule has 1 aromatic rings. The van der Waals surface area contributed by atoms with E-state index in [2.05, 4.69) is 12.2 Å². The fourth-order valence-corrected chi connectivity index (χ4v) is 2.98. The molecule has 0 saturated carbocycles. The lowest BCUT2D eigenvalue weighted by Crippen LogP contribution is -2.64. The average molecular weight is 332 g/mol. The van der Waals surface area contributed by atoms with Crippen LogP contribution in [0.5, 0.6) is 0 Å². The Bertz CT molecular complexity index is 588. The average Bonchev–Trinajstić information content (AvgIpc) is 2.55. The standard InChI is InChI=1S/C18H24N2O4/c1-2-3-7-10-20-15(12-16(21)22)17(23)19-14(18(20)24)11-13-8-5-4-6-9-13/h4-6,8-9,14-15H,2-3,7,10-12H2,1H3,(H,19,23)(H,21,22). The maximum Gasteiger partial charge on any atom is 0.305 e. The van der Waals surface area contributed by atoms with Gasteiger partial charge in [-0.05, 0) is 12.0 Å². The van der Waals surface area contributed by atoms with Crippen LogP contribution in [0.4, 0.5) is 0 Å². The number of piperazine rings is 1. The number of nitrogens with one attached hydrogen (secondary N) is 1. The van der Waals surface area contributed by atoms with Gasteiger partial charge in [0.25, 0.3) is 0 Å². The van der Waals surface area contributed by atoms with Crippen LogP contribution < -0.4 is 5.32 Å². The van der Waals surface area contributed by atoms with E-state index in [1.54, 1.807) is 0 Å². The van der Waals surface area contributed by atoms with Gasteiger partial charge in [0.15, 0.2) is 0 Å². The van der Waals surface area contributed by atoms with Crippen LogP contribution in [-0.2, 0) is 20.8 Å². The van der Waals surface area contributed by atoms with Crippen LogP contribution in [-0.4, -0.2) is 46.4 Å². The Balaban J connectivity index is 2.14. The summed E-state index contributed by atoms with van der Waals surface area (Å²) in [6.45, 7) is 2.47. The zero-order valence-electron chi connectivity index (χ0n) is 13.9. The largest absolute Gasteiger partial charge is 0.481 e. The predicted octanol–water partition coefficient (Wildman–Crippen LogP) is 1.59. The first-order chi connectivity index (χ1) is 11.5. The van der Waals surface area contributed by atoms with Crippen LogP contribution in [0.3, 0.4) is 0 Å². The molecule has 1 aliphatic heterocycles. The van der Waals surface area contributed by atoms with E-state index >= 15 is 0 Å². The molecule has 2 unspecified atom stereocenters. The van der Waals surface area contributed by atoms with Crippen molar-refractivity contribution >= 4 is 17.8 Å².